The second-order valence-electron chi connectivity index (χ2n) is 22.8. The molecule has 6 heteroatoms. The molecule has 0 saturated heterocycles. The van der Waals surface area contributed by atoms with Gasteiger partial charge in [0.15, 0.2) is 0 Å². The Morgan fingerprint density at radius 1 is 0.423 bits per heavy atom. The van der Waals surface area contributed by atoms with E-state index in [-0.39, 0.29) is 12.1 Å². The Morgan fingerprint density at radius 3 is 1.51 bits per heavy atom. The maximum absolute atomic E-state index is 6.90. The SMILES string of the molecule is CCCCc1ccc2oc3ccccc3c2c1N1c2ccc(-c3ccccc3)cc2B2c3ccc(-n4c5ccccc5c5ccccc54)cc3N(c3c(CCCC)ccc4oc5ccccc5c34)c3cc(C(C)(C)C)cc1c32. The van der Waals surface area contributed by atoms with Crippen LogP contribution in [0.2, 0.25) is 0 Å². The number of rotatable bonds is 10. The van der Waals surface area contributed by atoms with Crippen LogP contribution in [0, 0.1) is 0 Å². The molecule has 0 amide bonds. The number of hydrogen-bond donors (Lipinski definition) is 0. The second-order valence-corrected chi connectivity index (χ2v) is 22.8. The Balaban J connectivity index is 1.12. The topological polar surface area (TPSA) is 37.7 Å². The van der Waals surface area contributed by atoms with E-state index in [2.05, 4.69) is 249 Å². The minimum absolute atomic E-state index is 0.129. The predicted octanol–water partition coefficient (Wildman–Crippen LogP) is 18.3. The molecular weight excluding hydrogens is 950 g/mol. The maximum Gasteiger partial charge on any atom is 0.252 e. The Bertz CT molecular complexity index is 4500. The summed E-state index contributed by atoms with van der Waals surface area (Å²) in [7, 11) is 0. The lowest BCUT2D eigenvalue weighted by molar-refractivity contribution is 0.590. The van der Waals surface area contributed by atoms with E-state index in [0.29, 0.717) is 0 Å². The van der Waals surface area contributed by atoms with E-state index in [4.69, 9.17) is 8.83 Å². The zero-order valence-electron chi connectivity index (χ0n) is 45.0. The highest BCUT2D eigenvalue weighted by Gasteiger charge is 2.46. The van der Waals surface area contributed by atoms with Crippen LogP contribution in [0.1, 0.15) is 77.0 Å². The first-order chi connectivity index (χ1) is 38.3. The molecule has 378 valence electrons. The maximum atomic E-state index is 6.90. The first-order valence-corrected chi connectivity index (χ1v) is 28.2. The molecule has 0 unspecified atom stereocenters. The molecule has 0 fully saturated rings. The van der Waals surface area contributed by atoms with Crippen LogP contribution < -0.4 is 26.2 Å². The number of aromatic nitrogens is 1. The van der Waals surface area contributed by atoms with Crippen molar-refractivity contribution in [3.05, 3.63) is 217 Å². The molecule has 0 N–H and O–H groups in total. The van der Waals surface area contributed by atoms with Gasteiger partial charge in [0.2, 0.25) is 0 Å². The molecule has 0 spiro atoms. The highest BCUT2D eigenvalue weighted by Crippen LogP contribution is 2.53. The molecule has 78 heavy (non-hydrogen) atoms. The highest BCUT2D eigenvalue weighted by atomic mass is 16.3. The fourth-order valence-electron chi connectivity index (χ4n) is 13.4. The summed E-state index contributed by atoms with van der Waals surface area (Å²) in [5, 5.41) is 7.06. The lowest BCUT2D eigenvalue weighted by atomic mass is 9.33. The predicted molar refractivity (Wildman–Crippen MR) is 331 cm³/mol. The number of benzene rings is 10. The Kier molecular flexibility index (Phi) is 10.7. The molecule has 3 aromatic heterocycles. The van der Waals surface area contributed by atoms with E-state index >= 15 is 0 Å². The largest absolute Gasteiger partial charge is 0.456 e. The smallest absolute Gasteiger partial charge is 0.252 e. The van der Waals surface area contributed by atoms with Gasteiger partial charge in [-0.3, -0.25) is 0 Å². The number of fused-ring (bicyclic) bond motifs is 13. The fraction of sp³-hybridized carbons (Fsp3) is 0.167. The van der Waals surface area contributed by atoms with E-state index in [9.17, 15) is 0 Å². The molecule has 2 aliphatic heterocycles. The zero-order valence-corrected chi connectivity index (χ0v) is 45.0. The number of furan rings is 2. The number of nitrogens with zero attached hydrogens (tertiary/aromatic N) is 3. The van der Waals surface area contributed by atoms with Crippen LogP contribution in [0.4, 0.5) is 34.1 Å². The fourth-order valence-corrected chi connectivity index (χ4v) is 13.4. The van der Waals surface area contributed by atoms with E-state index in [1.165, 1.54) is 100 Å². The summed E-state index contributed by atoms with van der Waals surface area (Å²) in [6.45, 7) is 11.6. The van der Waals surface area contributed by atoms with Crippen LogP contribution in [0.3, 0.4) is 0 Å². The molecule has 0 bridgehead atoms. The van der Waals surface area contributed by atoms with Gasteiger partial charge in [-0.25, -0.2) is 0 Å². The summed E-state index contributed by atoms with van der Waals surface area (Å²) >= 11 is 0. The van der Waals surface area contributed by atoms with Gasteiger partial charge >= 0.3 is 0 Å². The van der Waals surface area contributed by atoms with Crippen molar-refractivity contribution in [2.45, 2.75) is 78.6 Å². The first kappa shape index (κ1) is 46.6. The van der Waals surface area contributed by atoms with Gasteiger partial charge in [-0.2, -0.15) is 0 Å². The number of anilines is 6. The van der Waals surface area contributed by atoms with Gasteiger partial charge < -0.3 is 23.2 Å². The van der Waals surface area contributed by atoms with Gasteiger partial charge in [0, 0.05) is 50.0 Å². The standard InChI is InChI=1S/C72H60BN3O2/c1-6-8-21-46-34-39-65-67(53-27-15-19-31-63(53)77-65)70(46)75-59-38-33-48(45-23-11-10-12-24-45)41-56(59)73-55-37-36-50(74-57-29-17-13-25-51(57)52-26-14-18-30-58(52)74)44-60(55)76(62-43-49(72(3,4)5)42-61(75)69(62)73)71-47(22-9-7-2)35-40-66-68(71)54-28-16-20-32-64(54)78-66/h10-20,23-44H,6-9,21-22H2,1-5H3. The van der Waals surface area contributed by atoms with Crippen LogP contribution in [-0.4, -0.2) is 11.3 Å². The van der Waals surface area contributed by atoms with Gasteiger partial charge in [0.1, 0.15) is 22.3 Å². The van der Waals surface area contributed by atoms with E-state index in [1.807, 2.05) is 0 Å². The van der Waals surface area contributed by atoms with Gasteiger partial charge in [0.25, 0.3) is 6.71 Å². The third-order valence-corrected chi connectivity index (χ3v) is 17.1. The molecular formula is C72H60BN3O2. The average molecular weight is 1010 g/mol. The third-order valence-electron chi connectivity index (χ3n) is 17.1. The number of hydrogen-bond acceptors (Lipinski definition) is 4. The zero-order chi connectivity index (χ0) is 52.4. The molecule has 13 aromatic rings. The summed E-state index contributed by atoms with van der Waals surface area (Å²) in [6, 6.07) is 74.9. The normalized spacial score (nSPS) is 13.2. The second kappa shape index (κ2) is 17.9. The Hall–Kier alpha value is -8.74. The molecule has 10 aromatic carbocycles. The minimum atomic E-state index is -0.223. The van der Waals surface area contributed by atoms with Crippen LogP contribution in [0.25, 0.3) is 82.5 Å². The third kappa shape index (κ3) is 7.01. The van der Waals surface area contributed by atoms with Crippen LogP contribution in [0.5, 0.6) is 0 Å². The van der Waals surface area contributed by atoms with Crippen molar-refractivity contribution in [1.82, 2.24) is 4.57 Å². The molecule has 5 nitrogen and oxygen atoms in total. The summed E-state index contributed by atoms with van der Waals surface area (Å²) in [5.74, 6) is 0. The van der Waals surface area contributed by atoms with Crippen LogP contribution in [0.15, 0.2) is 209 Å². The molecule has 15 rings (SSSR count). The molecule has 0 atom stereocenters. The molecule has 2 aliphatic rings. The number of aryl methyl sites for hydroxylation is 2. The average Bonchev–Trinajstić information content (AvgIpc) is 4.28. The van der Waals surface area contributed by atoms with Crippen LogP contribution >= 0.6 is 0 Å². The van der Waals surface area contributed by atoms with Crippen molar-refractivity contribution in [2.24, 2.45) is 0 Å². The summed E-state index contributed by atoms with van der Waals surface area (Å²) < 4.78 is 16.2. The van der Waals surface area contributed by atoms with Gasteiger partial charge in [-0.1, -0.05) is 181 Å². The first-order valence-electron chi connectivity index (χ1n) is 28.2. The van der Waals surface area contributed by atoms with Gasteiger partial charge in [0.05, 0.1) is 33.2 Å². The molecule has 5 heterocycles. The number of unbranched alkanes of at least 4 members (excludes halogenated alkanes) is 2. The lowest BCUT2D eigenvalue weighted by Crippen LogP contribution is -2.61. The molecule has 0 radical (unpaired) electrons. The van der Waals surface area contributed by atoms with Crippen molar-refractivity contribution in [3.8, 4) is 16.8 Å². The van der Waals surface area contributed by atoms with Crippen LogP contribution in [-0.2, 0) is 18.3 Å². The Labute approximate surface area is 456 Å². The highest BCUT2D eigenvalue weighted by molar-refractivity contribution is 7.00. The quantitative estimate of drug-likeness (QED) is 0.128. The molecule has 0 aliphatic carbocycles. The van der Waals surface area contributed by atoms with Gasteiger partial charge in [-0.05, 0) is 142 Å². The van der Waals surface area contributed by atoms with E-state index < -0.39 is 0 Å². The van der Waals surface area contributed by atoms with Crippen molar-refractivity contribution < 1.29 is 8.83 Å². The van der Waals surface area contributed by atoms with E-state index in [1.54, 1.807) is 0 Å². The lowest BCUT2D eigenvalue weighted by Gasteiger charge is -2.46. The summed E-state index contributed by atoms with van der Waals surface area (Å²) in [4.78, 5) is 5.37. The van der Waals surface area contributed by atoms with Crippen molar-refractivity contribution in [1.29, 1.82) is 0 Å². The number of para-hydroxylation sites is 4. The van der Waals surface area contributed by atoms with Crippen molar-refractivity contribution in [3.63, 3.8) is 0 Å². The molecule has 0 saturated carbocycles. The monoisotopic (exact) mass is 1010 g/mol. The summed E-state index contributed by atoms with van der Waals surface area (Å²) in [5.41, 5.74) is 24.2. The summed E-state index contributed by atoms with van der Waals surface area (Å²) in [6.07, 6.45) is 6.18. The van der Waals surface area contributed by atoms with Crippen molar-refractivity contribution in [2.75, 3.05) is 9.80 Å². The van der Waals surface area contributed by atoms with E-state index in [0.717, 1.165) is 88.1 Å². The Morgan fingerprint density at radius 2 is 0.949 bits per heavy atom. The van der Waals surface area contributed by atoms with Crippen molar-refractivity contribution >= 4 is 123 Å². The van der Waals surface area contributed by atoms with Gasteiger partial charge in [-0.15, -0.1) is 0 Å². The minimum Gasteiger partial charge on any atom is -0.456 e.